The van der Waals surface area contributed by atoms with Crippen molar-refractivity contribution in [2.45, 2.75) is 57.2 Å². The molecule has 2 fully saturated rings. The van der Waals surface area contributed by atoms with Crippen LogP contribution in [-0.2, 0) is 42.8 Å². The second-order valence-electron chi connectivity index (χ2n) is 6.77. The van der Waals surface area contributed by atoms with Crippen molar-refractivity contribution in [2.75, 3.05) is 40.6 Å². The van der Waals surface area contributed by atoms with Crippen molar-refractivity contribution in [1.82, 2.24) is 0 Å². The van der Waals surface area contributed by atoms with Gasteiger partial charge in [-0.2, -0.15) is 0 Å². The monoisotopic (exact) mass is 406 g/mol. The van der Waals surface area contributed by atoms with E-state index in [4.69, 9.17) is 18.9 Å². The lowest BCUT2D eigenvalue weighted by Gasteiger charge is -2.24. The maximum Gasteiger partial charge on any atom is 0.313 e. The van der Waals surface area contributed by atoms with Crippen LogP contribution in [0.4, 0.5) is 0 Å². The summed E-state index contributed by atoms with van der Waals surface area (Å²) in [5.74, 6) is -2.81. The van der Waals surface area contributed by atoms with Crippen LogP contribution in [0.3, 0.4) is 0 Å². The van der Waals surface area contributed by atoms with Gasteiger partial charge in [0.05, 0.1) is 59.6 Å². The van der Waals surface area contributed by atoms with E-state index in [0.717, 1.165) is 0 Å². The summed E-state index contributed by atoms with van der Waals surface area (Å²) in [7, 11) is 2.54. The molecular formula is C18H30O10. The van der Waals surface area contributed by atoms with Gasteiger partial charge in [-0.15, -0.1) is 0 Å². The zero-order valence-corrected chi connectivity index (χ0v) is 16.9. The molecule has 0 unspecified atom stereocenters. The lowest BCUT2D eigenvalue weighted by Crippen LogP contribution is -2.32. The molecule has 1 atom stereocenters. The number of carbonyl (C=O) groups is 3. The molecule has 0 amide bonds. The van der Waals surface area contributed by atoms with Crippen LogP contribution in [0.1, 0.15) is 39.5 Å². The molecule has 0 radical (unpaired) electrons. The summed E-state index contributed by atoms with van der Waals surface area (Å²) in [6.45, 7) is 5.47. The molecule has 2 rings (SSSR count). The number of methoxy groups -OCH3 is 2. The highest BCUT2D eigenvalue weighted by Crippen LogP contribution is 2.25. The Morgan fingerprint density at radius 1 is 0.893 bits per heavy atom. The molecule has 0 bridgehead atoms. The Morgan fingerprint density at radius 2 is 1.36 bits per heavy atom. The molecule has 0 aromatic carbocycles. The Morgan fingerprint density at radius 3 is 1.82 bits per heavy atom. The number of aliphatic hydroxyl groups excluding tert-OH is 1. The molecule has 10 nitrogen and oxygen atoms in total. The van der Waals surface area contributed by atoms with Gasteiger partial charge in [-0.05, 0) is 13.8 Å². The number of hydrogen-bond donors (Lipinski definition) is 1. The van der Waals surface area contributed by atoms with Crippen molar-refractivity contribution >= 4 is 17.7 Å². The Bertz CT molecular complexity index is 520. The first kappa shape index (κ1) is 24.4. The summed E-state index contributed by atoms with van der Waals surface area (Å²) >= 11 is 0. The molecule has 2 aliphatic rings. The molecule has 0 saturated carbocycles. The van der Waals surface area contributed by atoms with E-state index < -0.39 is 29.6 Å². The van der Waals surface area contributed by atoms with Gasteiger partial charge >= 0.3 is 11.9 Å². The third-order valence-corrected chi connectivity index (χ3v) is 4.12. The zero-order valence-electron chi connectivity index (χ0n) is 16.9. The summed E-state index contributed by atoms with van der Waals surface area (Å²) in [6.07, 6.45) is -0.674. The summed E-state index contributed by atoms with van der Waals surface area (Å²) in [6, 6.07) is 0. The van der Waals surface area contributed by atoms with Gasteiger partial charge in [-0.25, -0.2) is 0 Å². The molecule has 10 heteroatoms. The highest BCUT2D eigenvalue weighted by molar-refractivity contribution is 5.95. The van der Waals surface area contributed by atoms with Crippen LogP contribution in [-0.4, -0.2) is 81.2 Å². The SMILES string of the molecule is COC(=O)CC(=O)CC1(C)OCCO1.COC(=O)C[C@H](O)CC1(C)OCCO1. The summed E-state index contributed by atoms with van der Waals surface area (Å²) in [5, 5.41) is 9.52. The Kier molecular flexibility index (Phi) is 9.97. The summed E-state index contributed by atoms with van der Waals surface area (Å²) < 4.78 is 29.9. The number of hydrogen-bond acceptors (Lipinski definition) is 10. The number of Topliss-reactive ketones (excluding diaryl/α,β-unsaturated/α-hetero) is 1. The van der Waals surface area contributed by atoms with Crippen LogP contribution in [0, 0.1) is 0 Å². The van der Waals surface area contributed by atoms with Crippen molar-refractivity contribution < 1.29 is 47.9 Å². The van der Waals surface area contributed by atoms with Gasteiger partial charge in [0.1, 0.15) is 12.2 Å². The normalized spacial score (nSPS) is 20.6. The lowest BCUT2D eigenvalue weighted by molar-refractivity contribution is -0.167. The Hall–Kier alpha value is -1.59. The first-order valence-electron chi connectivity index (χ1n) is 9.00. The van der Waals surface area contributed by atoms with E-state index in [1.807, 2.05) is 0 Å². The van der Waals surface area contributed by atoms with Crippen LogP contribution >= 0.6 is 0 Å². The number of ketones is 1. The minimum absolute atomic E-state index is 0.0290. The van der Waals surface area contributed by atoms with Crippen molar-refractivity contribution in [1.29, 1.82) is 0 Å². The van der Waals surface area contributed by atoms with E-state index in [2.05, 4.69) is 9.47 Å². The van der Waals surface area contributed by atoms with Gasteiger partial charge in [0.25, 0.3) is 0 Å². The van der Waals surface area contributed by atoms with E-state index in [0.29, 0.717) is 26.4 Å². The van der Waals surface area contributed by atoms with E-state index in [1.165, 1.54) is 14.2 Å². The third-order valence-electron chi connectivity index (χ3n) is 4.12. The first-order chi connectivity index (χ1) is 13.1. The van der Waals surface area contributed by atoms with Crippen LogP contribution in [0.2, 0.25) is 0 Å². The quantitative estimate of drug-likeness (QED) is 0.445. The van der Waals surface area contributed by atoms with E-state index in [1.54, 1.807) is 13.8 Å². The van der Waals surface area contributed by atoms with Crippen molar-refractivity contribution in [3.05, 3.63) is 0 Å². The molecule has 0 aromatic rings. The van der Waals surface area contributed by atoms with E-state index in [9.17, 15) is 19.5 Å². The van der Waals surface area contributed by atoms with E-state index >= 15 is 0 Å². The molecule has 162 valence electrons. The maximum absolute atomic E-state index is 11.3. The van der Waals surface area contributed by atoms with Crippen LogP contribution in [0.25, 0.3) is 0 Å². The van der Waals surface area contributed by atoms with Crippen LogP contribution in [0.15, 0.2) is 0 Å². The predicted molar refractivity (Wildman–Crippen MR) is 94.1 cm³/mol. The second kappa shape index (κ2) is 11.4. The summed E-state index contributed by atoms with van der Waals surface area (Å²) in [5.41, 5.74) is 0. The predicted octanol–water partition coefficient (Wildman–Crippen LogP) is 0.335. The number of rotatable bonds is 8. The van der Waals surface area contributed by atoms with Gasteiger partial charge in [0.15, 0.2) is 11.6 Å². The molecule has 28 heavy (non-hydrogen) atoms. The number of esters is 2. The fourth-order valence-corrected chi connectivity index (χ4v) is 2.76. The molecule has 2 heterocycles. The average molecular weight is 406 g/mol. The molecule has 2 aliphatic heterocycles. The van der Waals surface area contributed by atoms with Gasteiger partial charge < -0.3 is 33.5 Å². The Labute approximate surface area is 164 Å². The number of carbonyl (C=O) groups excluding carboxylic acids is 3. The van der Waals surface area contributed by atoms with Gasteiger partial charge in [0.2, 0.25) is 0 Å². The van der Waals surface area contributed by atoms with Gasteiger partial charge in [-0.1, -0.05) is 0 Å². The number of aliphatic hydroxyl groups is 1. The average Bonchev–Trinajstić information content (AvgIpc) is 3.23. The van der Waals surface area contributed by atoms with Gasteiger partial charge in [-0.3, -0.25) is 14.4 Å². The van der Waals surface area contributed by atoms with Crippen LogP contribution in [0.5, 0.6) is 0 Å². The lowest BCUT2D eigenvalue weighted by atomic mass is 10.1. The highest BCUT2D eigenvalue weighted by Gasteiger charge is 2.34. The third kappa shape index (κ3) is 9.07. The second-order valence-corrected chi connectivity index (χ2v) is 6.77. The zero-order chi connectivity index (χ0) is 21.2. The number of ether oxygens (including phenoxy) is 6. The van der Waals surface area contributed by atoms with Crippen molar-refractivity contribution in [2.24, 2.45) is 0 Å². The fraction of sp³-hybridized carbons (Fsp3) is 0.833. The van der Waals surface area contributed by atoms with Gasteiger partial charge in [0, 0.05) is 6.42 Å². The molecule has 0 aliphatic carbocycles. The highest BCUT2D eigenvalue weighted by atomic mass is 16.7. The molecule has 2 saturated heterocycles. The molecular weight excluding hydrogens is 376 g/mol. The molecule has 1 N–H and O–H groups in total. The van der Waals surface area contributed by atoms with Crippen LogP contribution < -0.4 is 0 Å². The smallest absolute Gasteiger partial charge is 0.313 e. The summed E-state index contributed by atoms with van der Waals surface area (Å²) in [4.78, 5) is 32.9. The minimum Gasteiger partial charge on any atom is -0.469 e. The fourth-order valence-electron chi connectivity index (χ4n) is 2.76. The van der Waals surface area contributed by atoms with Crippen molar-refractivity contribution in [3.8, 4) is 0 Å². The Balaban J connectivity index is 0.000000280. The molecule has 0 spiro atoms. The topological polar surface area (TPSA) is 127 Å². The minimum atomic E-state index is -0.856. The largest absolute Gasteiger partial charge is 0.469 e. The van der Waals surface area contributed by atoms with Crippen molar-refractivity contribution in [3.63, 3.8) is 0 Å². The maximum atomic E-state index is 11.3. The standard InChI is InChI=1S/C9H16O5.C9H14O5/c2*1-9(13-3-4-14-9)6-7(10)5-8(11)12-2/h7,10H,3-6H2,1-2H3;3-6H2,1-2H3/t7-;/m0./s1. The van der Waals surface area contributed by atoms with E-state index in [-0.39, 0.29) is 31.5 Å². The first-order valence-corrected chi connectivity index (χ1v) is 9.00. The molecule has 0 aromatic heterocycles.